The fraction of sp³-hybridized carbons (Fsp3) is 0.207. The fourth-order valence-corrected chi connectivity index (χ4v) is 5.48. The number of amides is 1. The van der Waals surface area contributed by atoms with Crippen LogP contribution in [-0.4, -0.2) is 27.0 Å². The van der Waals surface area contributed by atoms with Gasteiger partial charge in [-0.25, -0.2) is 9.97 Å². The molecule has 2 heterocycles. The summed E-state index contributed by atoms with van der Waals surface area (Å²) >= 11 is 1.59. The molecule has 0 bridgehead atoms. The van der Waals surface area contributed by atoms with Gasteiger partial charge in [0.05, 0.1) is 16.5 Å². The monoisotopic (exact) mass is 516 g/mol. The van der Waals surface area contributed by atoms with Gasteiger partial charge in [-0.1, -0.05) is 78.1 Å². The van der Waals surface area contributed by atoms with Gasteiger partial charge in [0.25, 0.3) is 0 Å². The van der Waals surface area contributed by atoms with E-state index in [0.29, 0.717) is 13.0 Å². The van der Waals surface area contributed by atoms with Crippen molar-refractivity contribution >= 4 is 45.0 Å². The summed E-state index contributed by atoms with van der Waals surface area (Å²) < 4.78 is 3.15. The van der Waals surface area contributed by atoms with Crippen molar-refractivity contribution in [1.29, 1.82) is 0 Å². The molecule has 0 fully saturated rings. The Morgan fingerprint density at radius 2 is 1.69 bits per heavy atom. The van der Waals surface area contributed by atoms with E-state index in [2.05, 4.69) is 48.3 Å². The highest BCUT2D eigenvalue weighted by molar-refractivity contribution is 7.22. The van der Waals surface area contributed by atoms with Crippen LogP contribution in [0.1, 0.15) is 35.4 Å². The zero-order valence-corrected chi connectivity index (χ0v) is 21.8. The van der Waals surface area contributed by atoms with Gasteiger partial charge in [0, 0.05) is 37.8 Å². The number of rotatable bonds is 9. The number of hydrogen-bond donors (Lipinski definition) is 0. The minimum atomic E-state index is -0.0160. The first kappa shape index (κ1) is 25.6. The molecule has 0 aliphatic rings. The van der Waals surface area contributed by atoms with Crippen LogP contribution in [0.25, 0.3) is 10.2 Å². The molecule has 184 valence electrons. The van der Waals surface area contributed by atoms with Crippen LogP contribution in [0, 0.1) is 6.92 Å². The number of hydrogen-bond acceptors (Lipinski definition) is 4. The molecule has 0 aliphatic carbocycles. The molecule has 3 aromatic carbocycles. The number of benzene rings is 3. The van der Waals surface area contributed by atoms with E-state index in [1.165, 1.54) is 5.56 Å². The number of halogens is 1. The molecule has 1 amide bonds. The Bertz CT molecular complexity index is 1350. The number of nitrogens with zero attached hydrogens (tertiary/aromatic N) is 4. The molecule has 0 saturated heterocycles. The number of thiazole rings is 1. The highest BCUT2D eigenvalue weighted by atomic mass is 35.5. The van der Waals surface area contributed by atoms with Crippen molar-refractivity contribution in [2.45, 2.75) is 32.2 Å². The highest BCUT2D eigenvalue weighted by Gasteiger charge is 2.25. The first-order chi connectivity index (χ1) is 17.2. The van der Waals surface area contributed by atoms with Crippen LogP contribution in [0.2, 0.25) is 0 Å². The van der Waals surface area contributed by atoms with Gasteiger partial charge in [-0.3, -0.25) is 9.69 Å². The fourth-order valence-electron chi connectivity index (χ4n) is 4.38. The summed E-state index contributed by atoms with van der Waals surface area (Å²) in [5, 5.41) is 0.765. The van der Waals surface area contributed by atoms with E-state index >= 15 is 0 Å². The molecule has 0 radical (unpaired) electrons. The van der Waals surface area contributed by atoms with E-state index in [9.17, 15) is 4.79 Å². The number of carbonyl (C=O) groups excluding carboxylic acids is 1. The van der Waals surface area contributed by atoms with Crippen molar-refractivity contribution in [1.82, 2.24) is 14.5 Å². The highest BCUT2D eigenvalue weighted by Crippen LogP contribution is 2.33. The van der Waals surface area contributed by atoms with Gasteiger partial charge in [0.2, 0.25) is 5.91 Å². The van der Waals surface area contributed by atoms with Crippen LogP contribution in [0.4, 0.5) is 5.13 Å². The van der Waals surface area contributed by atoms with E-state index in [4.69, 9.17) is 4.98 Å². The normalized spacial score (nSPS) is 10.9. The summed E-state index contributed by atoms with van der Waals surface area (Å²) in [5.41, 5.74) is 4.42. The maximum Gasteiger partial charge on any atom is 0.229 e. The van der Waals surface area contributed by atoms with Crippen molar-refractivity contribution in [2.24, 2.45) is 0 Å². The van der Waals surface area contributed by atoms with Crippen LogP contribution in [0.15, 0.2) is 97.6 Å². The second-order valence-corrected chi connectivity index (χ2v) is 9.75. The Hall–Kier alpha value is -3.48. The summed E-state index contributed by atoms with van der Waals surface area (Å²) in [7, 11) is 0. The van der Waals surface area contributed by atoms with Crippen molar-refractivity contribution in [3.8, 4) is 0 Å². The third-order valence-corrected chi connectivity index (χ3v) is 7.25. The molecular weight excluding hydrogens is 488 g/mol. The van der Waals surface area contributed by atoms with Gasteiger partial charge in [0.1, 0.15) is 0 Å². The minimum Gasteiger partial charge on any atom is -0.337 e. The van der Waals surface area contributed by atoms with Gasteiger partial charge < -0.3 is 4.57 Å². The van der Waals surface area contributed by atoms with E-state index in [0.717, 1.165) is 39.4 Å². The van der Waals surface area contributed by atoms with Crippen LogP contribution in [0.3, 0.4) is 0 Å². The Labute approximate surface area is 221 Å². The van der Waals surface area contributed by atoms with E-state index < -0.39 is 0 Å². The average Bonchev–Trinajstić information content (AvgIpc) is 3.55. The lowest BCUT2D eigenvalue weighted by Crippen LogP contribution is -2.33. The predicted molar refractivity (Wildman–Crippen MR) is 150 cm³/mol. The van der Waals surface area contributed by atoms with Crippen LogP contribution in [0.5, 0.6) is 0 Å². The van der Waals surface area contributed by atoms with Gasteiger partial charge in [0.15, 0.2) is 5.13 Å². The van der Waals surface area contributed by atoms with Crippen LogP contribution in [-0.2, 0) is 11.3 Å². The first-order valence-corrected chi connectivity index (χ1v) is 12.7. The summed E-state index contributed by atoms with van der Waals surface area (Å²) in [6.45, 7) is 3.48. The minimum absolute atomic E-state index is 0. The Kier molecular flexibility index (Phi) is 8.52. The zero-order chi connectivity index (χ0) is 24.0. The van der Waals surface area contributed by atoms with E-state index in [1.807, 2.05) is 64.5 Å². The maximum atomic E-state index is 13.9. The Balaban J connectivity index is 0.00000304. The number of fused-ring (bicyclic) bond motifs is 1. The predicted octanol–water partition coefficient (Wildman–Crippen LogP) is 6.87. The molecule has 0 atom stereocenters. The lowest BCUT2D eigenvalue weighted by atomic mass is 9.88. The molecule has 0 unspecified atom stereocenters. The summed E-state index contributed by atoms with van der Waals surface area (Å²) in [4.78, 5) is 24.8. The molecule has 0 N–H and O–H groups in total. The third kappa shape index (κ3) is 6.01. The molecule has 0 spiro atoms. The number of anilines is 1. The SMILES string of the molecule is Cc1ccc2nc(N(CCCn3ccnc3)C(=O)CC(c3ccccc3)c3ccccc3)sc2c1.Cl. The van der Waals surface area contributed by atoms with Crippen molar-refractivity contribution in [3.63, 3.8) is 0 Å². The van der Waals surface area contributed by atoms with Gasteiger partial charge >= 0.3 is 0 Å². The van der Waals surface area contributed by atoms with Crippen molar-refractivity contribution in [2.75, 3.05) is 11.4 Å². The molecule has 7 heteroatoms. The molecule has 2 aromatic heterocycles. The first-order valence-electron chi connectivity index (χ1n) is 11.9. The number of carbonyl (C=O) groups is 1. The second-order valence-electron chi connectivity index (χ2n) is 8.75. The number of aromatic nitrogens is 3. The molecular formula is C29H29ClN4OS. The largest absolute Gasteiger partial charge is 0.337 e. The lowest BCUT2D eigenvalue weighted by Gasteiger charge is -2.24. The number of imidazole rings is 1. The van der Waals surface area contributed by atoms with Crippen molar-refractivity contribution in [3.05, 3.63) is 114 Å². The molecule has 5 aromatic rings. The maximum absolute atomic E-state index is 13.9. The second kappa shape index (κ2) is 12.0. The molecule has 0 saturated carbocycles. The quantitative estimate of drug-likeness (QED) is 0.215. The topological polar surface area (TPSA) is 51.0 Å². The van der Waals surface area contributed by atoms with E-state index in [1.54, 1.807) is 17.5 Å². The Morgan fingerprint density at radius 3 is 2.33 bits per heavy atom. The van der Waals surface area contributed by atoms with Gasteiger partial charge in [-0.05, 0) is 42.2 Å². The molecule has 0 aliphatic heterocycles. The summed E-state index contributed by atoms with van der Waals surface area (Å²) in [5.74, 6) is 0.0711. The standard InChI is InChI=1S/C29H28N4OS.ClH/c1-22-13-14-26-27(19-22)35-29(31-26)33(17-8-16-32-18-15-30-21-32)28(34)20-25(23-9-4-2-5-10-23)24-11-6-3-7-12-24;/h2-7,9-15,18-19,21,25H,8,16-17,20H2,1H3;1H. The van der Waals surface area contributed by atoms with Crippen molar-refractivity contribution < 1.29 is 4.79 Å². The molecule has 5 rings (SSSR count). The molecule has 5 nitrogen and oxygen atoms in total. The molecule has 36 heavy (non-hydrogen) atoms. The van der Waals surface area contributed by atoms with Gasteiger partial charge in [-0.2, -0.15) is 0 Å². The zero-order valence-electron chi connectivity index (χ0n) is 20.2. The summed E-state index contributed by atoms with van der Waals surface area (Å²) in [6, 6.07) is 26.8. The smallest absolute Gasteiger partial charge is 0.229 e. The Morgan fingerprint density at radius 1 is 1.00 bits per heavy atom. The lowest BCUT2D eigenvalue weighted by molar-refractivity contribution is -0.118. The third-order valence-electron chi connectivity index (χ3n) is 6.20. The van der Waals surface area contributed by atoms with Gasteiger partial charge in [-0.15, -0.1) is 12.4 Å². The summed E-state index contributed by atoms with van der Waals surface area (Å²) in [6.07, 6.45) is 6.75. The average molecular weight is 517 g/mol. The van der Waals surface area contributed by atoms with Crippen LogP contribution >= 0.6 is 23.7 Å². The number of aryl methyl sites for hydroxylation is 2. The van der Waals surface area contributed by atoms with Crippen LogP contribution < -0.4 is 4.90 Å². The van der Waals surface area contributed by atoms with E-state index in [-0.39, 0.29) is 24.2 Å².